The first kappa shape index (κ1) is 14.6. The fourth-order valence-corrected chi connectivity index (χ4v) is 1.56. The number of rotatable bonds is 6. The molecule has 0 bridgehead atoms. The normalized spacial score (nSPS) is 14.2. The minimum absolute atomic E-state index is 0.108. The van der Waals surface area contributed by atoms with Crippen molar-refractivity contribution in [2.24, 2.45) is 0 Å². The molecule has 0 aliphatic rings. The topological polar surface area (TPSA) is 89.8 Å². The zero-order chi connectivity index (χ0) is 13.7. The lowest BCUT2D eigenvalue weighted by Gasteiger charge is -2.18. The molecule has 0 aromatic heterocycles. The molecular weight excluding hydrogens is 241 g/mol. The van der Waals surface area contributed by atoms with E-state index < -0.39 is 24.0 Å². The van der Waals surface area contributed by atoms with Crippen LogP contribution in [0.15, 0.2) is 18.2 Å². The van der Waals surface area contributed by atoms with Crippen LogP contribution in [0.1, 0.15) is 28.4 Å². The molecule has 0 fully saturated rings. The number of aromatic carboxylic acids is 1. The van der Waals surface area contributed by atoms with Crippen LogP contribution in [0.3, 0.4) is 0 Å². The molecule has 0 spiro atoms. The fourth-order valence-electron chi connectivity index (χ4n) is 1.56. The number of aliphatic hydroxyl groups excluding tert-OH is 2. The van der Waals surface area contributed by atoms with E-state index in [2.05, 4.69) is 5.32 Å². The molecular formula is C12H16FNO4. The molecule has 6 heteroatoms. The van der Waals surface area contributed by atoms with E-state index in [4.69, 9.17) is 5.11 Å². The van der Waals surface area contributed by atoms with Gasteiger partial charge in [-0.2, -0.15) is 0 Å². The second-order valence-electron chi connectivity index (χ2n) is 3.95. The van der Waals surface area contributed by atoms with Crippen molar-refractivity contribution in [2.45, 2.75) is 18.6 Å². The maximum atomic E-state index is 13.6. The summed E-state index contributed by atoms with van der Waals surface area (Å²) in [5, 5.41) is 30.9. The third-order valence-electron chi connectivity index (χ3n) is 2.62. The zero-order valence-electron chi connectivity index (χ0n) is 9.93. The van der Waals surface area contributed by atoms with Gasteiger partial charge in [-0.25, -0.2) is 9.18 Å². The van der Waals surface area contributed by atoms with Crippen molar-refractivity contribution in [1.82, 2.24) is 5.32 Å². The largest absolute Gasteiger partial charge is 0.478 e. The fraction of sp³-hybridized carbons (Fsp3) is 0.417. The molecule has 4 N–H and O–H groups in total. The standard InChI is InChI=1S/C12H16FNO4/c1-14-5-4-10(15)11(16)8-3-2-7(12(17)18)6-9(8)13/h2-3,6,10-11,14-16H,4-5H2,1H3,(H,17,18). The van der Waals surface area contributed by atoms with Gasteiger partial charge in [-0.05, 0) is 32.1 Å². The average molecular weight is 257 g/mol. The van der Waals surface area contributed by atoms with E-state index in [1.165, 1.54) is 12.1 Å². The number of carboxylic acids is 1. The highest BCUT2D eigenvalue weighted by atomic mass is 19.1. The van der Waals surface area contributed by atoms with Crippen LogP contribution in [0.4, 0.5) is 4.39 Å². The Balaban J connectivity index is 2.86. The predicted octanol–water partition coefficient (Wildman–Crippen LogP) is 0.528. The van der Waals surface area contributed by atoms with E-state index >= 15 is 0 Å². The molecule has 0 saturated carbocycles. The number of hydrogen-bond acceptors (Lipinski definition) is 4. The van der Waals surface area contributed by atoms with Crippen molar-refractivity contribution in [3.8, 4) is 0 Å². The second-order valence-corrected chi connectivity index (χ2v) is 3.95. The third-order valence-corrected chi connectivity index (χ3v) is 2.62. The SMILES string of the molecule is CNCCC(O)C(O)c1ccc(C(=O)O)cc1F. The Morgan fingerprint density at radius 3 is 2.61 bits per heavy atom. The Hall–Kier alpha value is -1.50. The van der Waals surface area contributed by atoms with Gasteiger partial charge in [0.25, 0.3) is 0 Å². The Kier molecular flexibility index (Phi) is 5.21. The Labute approximate surface area is 104 Å². The highest BCUT2D eigenvalue weighted by Gasteiger charge is 2.21. The van der Waals surface area contributed by atoms with Gasteiger partial charge in [-0.15, -0.1) is 0 Å². The molecule has 1 aromatic rings. The lowest BCUT2D eigenvalue weighted by Crippen LogP contribution is -2.24. The summed E-state index contributed by atoms with van der Waals surface area (Å²) in [4.78, 5) is 10.6. The van der Waals surface area contributed by atoms with Crippen molar-refractivity contribution < 1.29 is 24.5 Å². The van der Waals surface area contributed by atoms with Crippen LogP contribution in [0.25, 0.3) is 0 Å². The maximum Gasteiger partial charge on any atom is 0.335 e. The number of carboxylic acid groups (broad SMARTS) is 1. The van der Waals surface area contributed by atoms with Gasteiger partial charge in [0.05, 0.1) is 11.7 Å². The molecule has 1 aromatic carbocycles. The number of nitrogens with one attached hydrogen (secondary N) is 1. The van der Waals surface area contributed by atoms with E-state index in [0.717, 1.165) is 6.07 Å². The highest BCUT2D eigenvalue weighted by molar-refractivity contribution is 5.87. The summed E-state index contributed by atoms with van der Waals surface area (Å²) in [6.45, 7) is 0.479. The van der Waals surface area contributed by atoms with E-state index in [9.17, 15) is 19.4 Å². The number of halogens is 1. The quantitative estimate of drug-likeness (QED) is 0.597. The summed E-state index contributed by atoms with van der Waals surface area (Å²) < 4.78 is 13.6. The van der Waals surface area contributed by atoms with Crippen molar-refractivity contribution >= 4 is 5.97 Å². The van der Waals surface area contributed by atoms with Gasteiger partial charge < -0.3 is 20.6 Å². The lowest BCUT2D eigenvalue weighted by atomic mass is 10.00. The average Bonchev–Trinajstić information content (AvgIpc) is 2.34. The van der Waals surface area contributed by atoms with Crippen molar-refractivity contribution in [3.05, 3.63) is 35.1 Å². The minimum atomic E-state index is -1.37. The molecule has 1 rings (SSSR count). The van der Waals surface area contributed by atoms with Gasteiger partial charge in [0.15, 0.2) is 0 Å². The van der Waals surface area contributed by atoms with Crippen molar-refractivity contribution in [3.63, 3.8) is 0 Å². The summed E-state index contributed by atoms with van der Waals surface area (Å²) >= 11 is 0. The molecule has 0 aliphatic heterocycles. The summed E-state index contributed by atoms with van der Waals surface area (Å²) in [7, 11) is 1.70. The Morgan fingerprint density at radius 1 is 1.44 bits per heavy atom. The first-order chi connectivity index (χ1) is 8.47. The molecule has 100 valence electrons. The second kappa shape index (κ2) is 6.44. The number of hydrogen-bond donors (Lipinski definition) is 4. The molecule has 0 saturated heterocycles. The molecule has 0 aliphatic carbocycles. The van der Waals surface area contributed by atoms with Crippen LogP contribution in [0, 0.1) is 5.82 Å². The molecule has 2 unspecified atom stereocenters. The molecule has 0 radical (unpaired) electrons. The lowest BCUT2D eigenvalue weighted by molar-refractivity contribution is 0.0120. The smallest absolute Gasteiger partial charge is 0.335 e. The summed E-state index contributed by atoms with van der Waals surface area (Å²) in [5.41, 5.74) is -0.309. The first-order valence-electron chi connectivity index (χ1n) is 5.50. The third kappa shape index (κ3) is 3.49. The van der Waals surface area contributed by atoms with E-state index in [1.54, 1.807) is 7.05 Å². The Morgan fingerprint density at radius 2 is 2.11 bits per heavy atom. The van der Waals surface area contributed by atoms with Gasteiger partial charge in [-0.1, -0.05) is 6.07 Å². The van der Waals surface area contributed by atoms with Crippen LogP contribution in [0.5, 0.6) is 0 Å². The number of aliphatic hydroxyl groups is 2. The number of benzene rings is 1. The zero-order valence-corrected chi connectivity index (χ0v) is 9.93. The van der Waals surface area contributed by atoms with E-state index in [-0.39, 0.29) is 17.5 Å². The maximum absolute atomic E-state index is 13.6. The van der Waals surface area contributed by atoms with E-state index in [1.807, 2.05) is 0 Å². The monoisotopic (exact) mass is 257 g/mol. The summed E-state index contributed by atoms with van der Waals surface area (Å²) in [5.74, 6) is -2.09. The van der Waals surface area contributed by atoms with Crippen molar-refractivity contribution in [2.75, 3.05) is 13.6 Å². The van der Waals surface area contributed by atoms with Gasteiger partial charge in [0.2, 0.25) is 0 Å². The van der Waals surface area contributed by atoms with Crippen LogP contribution in [-0.4, -0.2) is 41.0 Å². The van der Waals surface area contributed by atoms with Gasteiger partial charge in [0, 0.05) is 5.56 Å². The van der Waals surface area contributed by atoms with Gasteiger partial charge in [0.1, 0.15) is 11.9 Å². The van der Waals surface area contributed by atoms with Crippen LogP contribution in [-0.2, 0) is 0 Å². The summed E-state index contributed by atoms with van der Waals surface area (Å²) in [6.07, 6.45) is -2.22. The van der Waals surface area contributed by atoms with Gasteiger partial charge >= 0.3 is 5.97 Å². The highest BCUT2D eigenvalue weighted by Crippen LogP contribution is 2.22. The van der Waals surface area contributed by atoms with Crippen LogP contribution >= 0.6 is 0 Å². The van der Waals surface area contributed by atoms with Crippen molar-refractivity contribution in [1.29, 1.82) is 0 Å². The predicted molar refractivity (Wildman–Crippen MR) is 62.9 cm³/mol. The number of carbonyl (C=O) groups is 1. The molecule has 0 amide bonds. The first-order valence-corrected chi connectivity index (χ1v) is 5.50. The molecule has 5 nitrogen and oxygen atoms in total. The Bertz CT molecular complexity index is 425. The van der Waals surface area contributed by atoms with Crippen LogP contribution in [0.2, 0.25) is 0 Å². The van der Waals surface area contributed by atoms with E-state index in [0.29, 0.717) is 6.54 Å². The minimum Gasteiger partial charge on any atom is -0.478 e. The molecule has 18 heavy (non-hydrogen) atoms. The van der Waals surface area contributed by atoms with Crippen LogP contribution < -0.4 is 5.32 Å². The summed E-state index contributed by atoms with van der Waals surface area (Å²) in [6, 6.07) is 3.19. The molecule has 0 heterocycles. The molecule has 2 atom stereocenters. The van der Waals surface area contributed by atoms with Gasteiger partial charge in [-0.3, -0.25) is 0 Å².